The Labute approximate surface area is 157 Å². The molecule has 2 aromatic carbocycles. The third kappa shape index (κ3) is 5.15. The molecule has 1 N–H and O–H groups in total. The molecule has 4 nitrogen and oxygen atoms in total. The van der Waals surface area contributed by atoms with Crippen LogP contribution in [0, 0.1) is 0 Å². The first-order valence-corrected chi connectivity index (χ1v) is 9.18. The van der Waals surface area contributed by atoms with Gasteiger partial charge in [0.05, 0.1) is 7.11 Å². The number of hydrogen-bond donors (Lipinski definition) is 1. The molecule has 4 heteroatoms. The molecule has 0 bridgehead atoms. The van der Waals surface area contributed by atoms with Crippen LogP contribution < -0.4 is 19.5 Å². The van der Waals surface area contributed by atoms with Crippen molar-refractivity contribution < 1.29 is 14.2 Å². The quantitative estimate of drug-likeness (QED) is 0.633. The zero-order valence-electron chi connectivity index (χ0n) is 16.6. The van der Waals surface area contributed by atoms with Gasteiger partial charge >= 0.3 is 0 Å². The molecule has 0 fully saturated rings. The van der Waals surface area contributed by atoms with Crippen molar-refractivity contribution in [2.75, 3.05) is 27.4 Å². The molecule has 0 saturated carbocycles. The maximum atomic E-state index is 5.94. The summed E-state index contributed by atoms with van der Waals surface area (Å²) in [5.74, 6) is 2.37. The minimum atomic E-state index is 0.190. The average molecular weight is 357 g/mol. The predicted octanol–water partition coefficient (Wildman–Crippen LogP) is 4.56. The summed E-state index contributed by atoms with van der Waals surface area (Å²) in [6.07, 6.45) is 1.11. The monoisotopic (exact) mass is 357 g/mol. The zero-order valence-corrected chi connectivity index (χ0v) is 16.6. The highest BCUT2D eigenvalue weighted by molar-refractivity contribution is 5.46. The molecule has 0 spiro atoms. The van der Waals surface area contributed by atoms with Crippen molar-refractivity contribution in [2.45, 2.75) is 39.2 Å². The summed E-state index contributed by atoms with van der Waals surface area (Å²) in [6.45, 7) is 8.39. The summed E-state index contributed by atoms with van der Waals surface area (Å²) in [4.78, 5) is 0. The van der Waals surface area contributed by atoms with Gasteiger partial charge in [-0.25, -0.2) is 0 Å². The molecule has 0 atom stereocenters. The third-order valence-electron chi connectivity index (χ3n) is 4.77. The summed E-state index contributed by atoms with van der Waals surface area (Å²) in [5, 5.41) is 3.15. The highest BCUT2D eigenvalue weighted by Gasteiger charge is 2.17. The predicted molar refractivity (Wildman–Crippen MR) is 107 cm³/mol. The Morgan fingerprint density at radius 1 is 0.962 bits per heavy atom. The second-order valence-electron chi connectivity index (χ2n) is 6.94. The molecule has 0 heterocycles. The summed E-state index contributed by atoms with van der Waals surface area (Å²) >= 11 is 0. The zero-order chi connectivity index (χ0) is 19.0. The molecule has 0 saturated heterocycles. The van der Waals surface area contributed by atoms with E-state index in [4.69, 9.17) is 14.2 Å². The van der Waals surface area contributed by atoms with E-state index in [9.17, 15) is 0 Å². The number of ether oxygens (including phenoxy) is 3. The van der Waals surface area contributed by atoms with Gasteiger partial charge < -0.3 is 19.5 Å². The lowest BCUT2D eigenvalue weighted by molar-refractivity contribution is 0.209. The van der Waals surface area contributed by atoms with Gasteiger partial charge in [0.25, 0.3) is 0 Å². The number of hydrogen-bond acceptors (Lipinski definition) is 4. The fourth-order valence-electron chi connectivity index (χ4n) is 2.73. The lowest BCUT2D eigenvalue weighted by atomic mass is 9.82. The van der Waals surface area contributed by atoms with Crippen molar-refractivity contribution in [2.24, 2.45) is 0 Å². The number of nitrogens with one attached hydrogen (secondary N) is 1. The van der Waals surface area contributed by atoms with Gasteiger partial charge in [-0.3, -0.25) is 0 Å². The van der Waals surface area contributed by atoms with Crippen LogP contribution in [0.25, 0.3) is 0 Å². The SMILES string of the molecule is CCC(C)(C)c1ccc(OCCOc2c(CNC)cccc2OC)cc1. The van der Waals surface area contributed by atoms with Crippen molar-refractivity contribution >= 4 is 0 Å². The molecule has 0 amide bonds. The van der Waals surface area contributed by atoms with E-state index < -0.39 is 0 Å². The van der Waals surface area contributed by atoms with Crippen LogP contribution in [-0.2, 0) is 12.0 Å². The van der Waals surface area contributed by atoms with Gasteiger partial charge in [0.1, 0.15) is 19.0 Å². The molecule has 0 aliphatic carbocycles. The molecule has 0 unspecified atom stereocenters. The van der Waals surface area contributed by atoms with E-state index in [0.717, 1.165) is 35.8 Å². The number of methoxy groups -OCH3 is 1. The standard InChI is InChI=1S/C22H31NO3/c1-6-22(2,3)18-10-12-19(13-11-18)25-14-15-26-21-17(16-23-4)8-7-9-20(21)24-5/h7-13,23H,6,14-16H2,1-5H3. The van der Waals surface area contributed by atoms with Gasteiger partial charge in [-0.1, -0.05) is 45.0 Å². The fourth-order valence-corrected chi connectivity index (χ4v) is 2.73. The van der Waals surface area contributed by atoms with Crippen LogP contribution in [0.4, 0.5) is 0 Å². The summed E-state index contributed by atoms with van der Waals surface area (Å²) in [6, 6.07) is 14.3. The van der Waals surface area contributed by atoms with E-state index in [0.29, 0.717) is 13.2 Å². The molecule has 26 heavy (non-hydrogen) atoms. The Kier molecular flexibility index (Phi) is 7.34. The Bertz CT molecular complexity index is 680. The Balaban J connectivity index is 1.91. The van der Waals surface area contributed by atoms with Crippen molar-refractivity contribution in [1.29, 1.82) is 0 Å². The van der Waals surface area contributed by atoms with Gasteiger partial charge in [-0.2, -0.15) is 0 Å². The van der Waals surface area contributed by atoms with Crippen molar-refractivity contribution in [3.8, 4) is 17.2 Å². The Morgan fingerprint density at radius 3 is 2.27 bits per heavy atom. The maximum absolute atomic E-state index is 5.94. The normalized spacial score (nSPS) is 11.3. The molecule has 142 valence electrons. The van der Waals surface area contributed by atoms with Crippen molar-refractivity contribution in [1.82, 2.24) is 5.32 Å². The second kappa shape index (κ2) is 9.48. The van der Waals surface area contributed by atoms with Crippen molar-refractivity contribution in [3.05, 3.63) is 53.6 Å². The van der Waals surface area contributed by atoms with Crippen LogP contribution in [0.2, 0.25) is 0 Å². The molecule has 0 aromatic heterocycles. The fraction of sp³-hybridized carbons (Fsp3) is 0.455. The smallest absolute Gasteiger partial charge is 0.165 e. The first kappa shape index (κ1) is 20.1. The Morgan fingerprint density at radius 2 is 1.65 bits per heavy atom. The second-order valence-corrected chi connectivity index (χ2v) is 6.94. The lowest BCUT2D eigenvalue weighted by Gasteiger charge is -2.23. The highest BCUT2D eigenvalue weighted by atomic mass is 16.5. The van der Waals surface area contributed by atoms with E-state index in [2.05, 4.69) is 38.2 Å². The average Bonchev–Trinajstić information content (AvgIpc) is 2.66. The molecule has 2 aromatic rings. The van der Waals surface area contributed by atoms with E-state index in [1.807, 2.05) is 37.4 Å². The summed E-state index contributed by atoms with van der Waals surface area (Å²) < 4.78 is 17.2. The Hall–Kier alpha value is -2.20. The van der Waals surface area contributed by atoms with E-state index >= 15 is 0 Å². The van der Waals surface area contributed by atoms with Gasteiger partial charge in [-0.05, 0) is 42.6 Å². The number of para-hydroxylation sites is 1. The first-order chi connectivity index (χ1) is 12.5. The number of benzene rings is 2. The largest absolute Gasteiger partial charge is 0.493 e. The molecule has 0 aliphatic heterocycles. The van der Waals surface area contributed by atoms with Crippen LogP contribution >= 0.6 is 0 Å². The molecular weight excluding hydrogens is 326 g/mol. The molecule has 0 radical (unpaired) electrons. The van der Waals surface area contributed by atoms with Crippen LogP contribution in [0.1, 0.15) is 38.3 Å². The van der Waals surface area contributed by atoms with Gasteiger partial charge in [-0.15, -0.1) is 0 Å². The topological polar surface area (TPSA) is 39.7 Å². The highest BCUT2D eigenvalue weighted by Crippen LogP contribution is 2.31. The van der Waals surface area contributed by atoms with Crippen LogP contribution in [0.5, 0.6) is 17.2 Å². The minimum absolute atomic E-state index is 0.190. The van der Waals surface area contributed by atoms with E-state index in [-0.39, 0.29) is 5.41 Å². The maximum Gasteiger partial charge on any atom is 0.165 e. The van der Waals surface area contributed by atoms with Gasteiger partial charge in [0, 0.05) is 12.1 Å². The molecule has 0 aliphatic rings. The summed E-state index contributed by atoms with van der Waals surface area (Å²) in [7, 11) is 3.57. The molecule has 2 rings (SSSR count). The van der Waals surface area contributed by atoms with Gasteiger partial charge in [0.2, 0.25) is 0 Å². The lowest BCUT2D eigenvalue weighted by Crippen LogP contribution is -2.15. The van der Waals surface area contributed by atoms with E-state index in [1.54, 1.807) is 7.11 Å². The van der Waals surface area contributed by atoms with Crippen LogP contribution in [0.15, 0.2) is 42.5 Å². The van der Waals surface area contributed by atoms with Crippen LogP contribution in [-0.4, -0.2) is 27.4 Å². The van der Waals surface area contributed by atoms with E-state index in [1.165, 1.54) is 5.56 Å². The van der Waals surface area contributed by atoms with Crippen LogP contribution in [0.3, 0.4) is 0 Å². The third-order valence-corrected chi connectivity index (χ3v) is 4.77. The van der Waals surface area contributed by atoms with Crippen molar-refractivity contribution in [3.63, 3.8) is 0 Å². The number of rotatable bonds is 10. The minimum Gasteiger partial charge on any atom is -0.493 e. The summed E-state index contributed by atoms with van der Waals surface area (Å²) in [5.41, 5.74) is 2.59. The first-order valence-electron chi connectivity index (χ1n) is 9.18. The molecular formula is C22H31NO3. The van der Waals surface area contributed by atoms with Gasteiger partial charge in [0.15, 0.2) is 11.5 Å².